The summed E-state index contributed by atoms with van der Waals surface area (Å²) in [5, 5.41) is 0.220. The topological polar surface area (TPSA) is 0 Å². The highest BCUT2D eigenvalue weighted by atomic mass is 35.5. The number of halogens is 1. The predicted molar refractivity (Wildman–Crippen MR) is 116 cm³/mol. The third kappa shape index (κ3) is 5.36. The molecular formula is C25H35Cl. The Balaban J connectivity index is 2.33. The summed E-state index contributed by atoms with van der Waals surface area (Å²) in [5.41, 5.74) is 3.14. The van der Waals surface area contributed by atoms with Crippen molar-refractivity contribution < 1.29 is 0 Å². The van der Waals surface area contributed by atoms with Gasteiger partial charge < -0.3 is 0 Å². The lowest BCUT2D eigenvalue weighted by molar-refractivity contribution is 0.343. The molecule has 0 amide bonds. The van der Waals surface area contributed by atoms with Gasteiger partial charge in [-0.25, -0.2) is 0 Å². The Labute approximate surface area is 166 Å². The number of unbranched alkanes of at least 4 members (excludes halogenated alkanes) is 1. The Kier molecular flexibility index (Phi) is 7.77. The molecule has 0 aliphatic rings. The largest absolute Gasteiger partial charge is 0.122 e. The molecule has 0 N–H and O–H groups in total. The van der Waals surface area contributed by atoms with Crippen molar-refractivity contribution in [1.82, 2.24) is 0 Å². The number of benzene rings is 2. The van der Waals surface area contributed by atoms with Crippen LogP contribution in [0.1, 0.15) is 77.3 Å². The molecule has 2 rings (SSSR count). The molecule has 142 valence electrons. The van der Waals surface area contributed by atoms with Crippen molar-refractivity contribution in [3.8, 4) is 0 Å². The Hall–Kier alpha value is -1.27. The van der Waals surface area contributed by atoms with E-state index < -0.39 is 0 Å². The van der Waals surface area contributed by atoms with Gasteiger partial charge in [0.25, 0.3) is 0 Å². The minimum absolute atomic E-state index is 0.0903. The van der Waals surface area contributed by atoms with Gasteiger partial charge in [0.05, 0.1) is 0 Å². The van der Waals surface area contributed by atoms with Gasteiger partial charge in [-0.3, -0.25) is 0 Å². The van der Waals surface area contributed by atoms with Gasteiger partial charge in [0, 0.05) is 10.8 Å². The molecule has 0 saturated carbocycles. The molecule has 0 aromatic heterocycles. The maximum atomic E-state index is 6.68. The van der Waals surface area contributed by atoms with Crippen molar-refractivity contribution >= 4 is 11.6 Å². The van der Waals surface area contributed by atoms with Gasteiger partial charge in [-0.1, -0.05) is 108 Å². The predicted octanol–water partition coefficient (Wildman–Crippen LogP) is 7.99. The van der Waals surface area contributed by atoms with Crippen LogP contribution in [0.25, 0.3) is 0 Å². The lowest BCUT2D eigenvalue weighted by Gasteiger charge is -2.36. The van der Waals surface area contributed by atoms with Crippen LogP contribution in [-0.4, -0.2) is 5.38 Å². The molecule has 0 spiro atoms. The van der Waals surface area contributed by atoms with E-state index in [1.165, 1.54) is 30.4 Å². The quantitative estimate of drug-likeness (QED) is 0.392. The third-order valence-corrected chi connectivity index (χ3v) is 6.48. The van der Waals surface area contributed by atoms with E-state index in [1.807, 2.05) is 0 Å². The molecule has 0 heterocycles. The number of hydrogen-bond donors (Lipinski definition) is 0. The molecule has 0 saturated heterocycles. The van der Waals surface area contributed by atoms with Gasteiger partial charge in [0.1, 0.15) is 0 Å². The van der Waals surface area contributed by atoms with E-state index in [9.17, 15) is 0 Å². The summed E-state index contributed by atoms with van der Waals surface area (Å²) >= 11 is 6.68. The van der Waals surface area contributed by atoms with Crippen LogP contribution >= 0.6 is 11.6 Å². The second-order valence-corrected chi connectivity index (χ2v) is 9.17. The Morgan fingerprint density at radius 2 is 1.23 bits per heavy atom. The average molecular weight is 371 g/mol. The normalized spacial score (nSPS) is 13.6. The van der Waals surface area contributed by atoms with Gasteiger partial charge in [-0.2, -0.15) is 0 Å². The first-order valence-electron chi connectivity index (χ1n) is 10.2. The smallest absolute Gasteiger partial charge is 0.0384 e. The first kappa shape index (κ1) is 21.0. The third-order valence-electron chi connectivity index (χ3n) is 5.61. The molecule has 0 radical (unpaired) electrons. The van der Waals surface area contributed by atoms with Gasteiger partial charge in [0.2, 0.25) is 0 Å². The lowest BCUT2D eigenvalue weighted by Crippen LogP contribution is -2.29. The van der Waals surface area contributed by atoms with E-state index in [1.54, 1.807) is 0 Å². The molecule has 0 aliphatic heterocycles. The van der Waals surface area contributed by atoms with Crippen LogP contribution < -0.4 is 0 Å². The fourth-order valence-corrected chi connectivity index (χ4v) is 4.03. The molecule has 0 nitrogen and oxygen atoms in total. The lowest BCUT2D eigenvalue weighted by atomic mass is 9.68. The molecule has 0 bridgehead atoms. The zero-order chi connectivity index (χ0) is 19.0. The fraction of sp³-hybridized carbons (Fsp3) is 0.520. The molecule has 2 aromatic carbocycles. The van der Waals surface area contributed by atoms with Crippen LogP contribution in [0.2, 0.25) is 0 Å². The van der Waals surface area contributed by atoms with E-state index in [4.69, 9.17) is 11.6 Å². The Morgan fingerprint density at radius 3 is 1.65 bits per heavy atom. The van der Waals surface area contributed by atoms with Crippen molar-refractivity contribution in [1.29, 1.82) is 0 Å². The molecule has 1 unspecified atom stereocenters. The van der Waals surface area contributed by atoms with Crippen molar-refractivity contribution in [2.75, 3.05) is 0 Å². The van der Waals surface area contributed by atoms with Crippen LogP contribution in [-0.2, 0) is 5.41 Å². The standard InChI is InChI=1S/C25H35Cl/c1-5-6-19-25(21-14-9-7-10-15-21,22-16-11-8-12-17-22)20-13-18-23(26)24(2,3)4/h7-12,14-17,23H,5-6,13,18-20H2,1-4H3. The summed E-state index contributed by atoms with van der Waals surface area (Å²) in [6.07, 6.45) is 7.03. The molecule has 0 fully saturated rings. The summed E-state index contributed by atoms with van der Waals surface area (Å²) in [5.74, 6) is 0. The van der Waals surface area contributed by atoms with E-state index in [2.05, 4.69) is 88.4 Å². The highest BCUT2D eigenvalue weighted by molar-refractivity contribution is 6.21. The number of alkyl halides is 1. The van der Waals surface area contributed by atoms with Crippen LogP contribution in [0.4, 0.5) is 0 Å². The fourth-order valence-electron chi connectivity index (χ4n) is 3.88. The van der Waals surface area contributed by atoms with E-state index in [-0.39, 0.29) is 16.2 Å². The second kappa shape index (κ2) is 9.60. The maximum absolute atomic E-state index is 6.68. The molecule has 1 heteroatoms. The molecular weight excluding hydrogens is 336 g/mol. The van der Waals surface area contributed by atoms with Gasteiger partial charge in [0.15, 0.2) is 0 Å². The van der Waals surface area contributed by atoms with Crippen LogP contribution in [0.15, 0.2) is 60.7 Å². The first-order valence-corrected chi connectivity index (χ1v) is 10.6. The van der Waals surface area contributed by atoms with E-state index in [0.717, 1.165) is 19.3 Å². The minimum atomic E-state index is 0.0903. The summed E-state index contributed by atoms with van der Waals surface area (Å²) in [6, 6.07) is 22.2. The first-order chi connectivity index (χ1) is 12.4. The zero-order valence-electron chi connectivity index (χ0n) is 17.0. The SMILES string of the molecule is CCCCC(CCCC(Cl)C(C)(C)C)(c1ccccc1)c1ccccc1. The van der Waals surface area contributed by atoms with Crippen molar-refractivity contribution in [2.45, 2.75) is 77.0 Å². The summed E-state index contributed by atoms with van der Waals surface area (Å²) in [4.78, 5) is 0. The molecule has 0 aliphatic carbocycles. The van der Waals surface area contributed by atoms with Crippen molar-refractivity contribution in [3.05, 3.63) is 71.8 Å². The van der Waals surface area contributed by atoms with Gasteiger partial charge in [-0.15, -0.1) is 11.6 Å². The Bertz CT molecular complexity index is 585. The highest BCUT2D eigenvalue weighted by Gasteiger charge is 2.33. The summed E-state index contributed by atoms with van der Waals surface area (Å²) in [7, 11) is 0. The highest BCUT2D eigenvalue weighted by Crippen LogP contribution is 2.42. The van der Waals surface area contributed by atoms with E-state index >= 15 is 0 Å². The van der Waals surface area contributed by atoms with E-state index in [0.29, 0.717) is 0 Å². The number of rotatable bonds is 9. The average Bonchev–Trinajstić information content (AvgIpc) is 2.65. The second-order valence-electron chi connectivity index (χ2n) is 8.64. The van der Waals surface area contributed by atoms with Crippen LogP contribution in [0.3, 0.4) is 0 Å². The van der Waals surface area contributed by atoms with Crippen LogP contribution in [0, 0.1) is 5.41 Å². The minimum Gasteiger partial charge on any atom is -0.122 e. The van der Waals surface area contributed by atoms with Gasteiger partial charge >= 0.3 is 0 Å². The molecule has 26 heavy (non-hydrogen) atoms. The number of hydrogen-bond acceptors (Lipinski definition) is 0. The Morgan fingerprint density at radius 1 is 0.769 bits per heavy atom. The summed E-state index contributed by atoms with van der Waals surface area (Å²) in [6.45, 7) is 9.01. The monoisotopic (exact) mass is 370 g/mol. The van der Waals surface area contributed by atoms with Crippen molar-refractivity contribution in [3.63, 3.8) is 0 Å². The molecule has 1 atom stereocenters. The molecule has 2 aromatic rings. The maximum Gasteiger partial charge on any atom is 0.0384 e. The van der Waals surface area contributed by atoms with Crippen LogP contribution in [0.5, 0.6) is 0 Å². The zero-order valence-corrected chi connectivity index (χ0v) is 17.7. The summed E-state index contributed by atoms with van der Waals surface area (Å²) < 4.78 is 0. The van der Waals surface area contributed by atoms with Crippen molar-refractivity contribution in [2.24, 2.45) is 5.41 Å². The van der Waals surface area contributed by atoms with Gasteiger partial charge in [-0.05, 0) is 35.8 Å².